The second-order valence-corrected chi connectivity index (χ2v) is 5.46. The molecule has 2 atom stereocenters. The highest BCUT2D eigenvalue weighted by Crippen LogP contribution is 2.21. The maximum Gasteiger partial charge on any atom is 0.525 e. The Morgan fingerprint density at radius 3 is 2.52 bits per heavy atom. The van der Waals surface area contributed by atoms with Crippen molar-refractivity contribution in [2.24, 2.45) is 5.10 Å². The molecule has 0 bridgehead atoms. The van der Waals surface area contributed by atoms with Gasteiger partial charge < -0.3 is 20.6 Å². The summed E-state index contributed by atoms with van der Waals surface area (Å²) in [5.41, 5.74) is 2.55. The lowest BCUT2D eigenvalue weighted by Gasteiger charge is -2.24. The number of alkyl halides is 3. The first-order valence-corrected chi connectivity index (χ1v) is 8.01. The summed E-state index contributed by atoms with van der Waals surface area (Å²) in [7, 11) is 1.37. The molecule has 0 aliphatic rings. The third-order valence-corrected chi connectivity index (χ3v) is 3.24. The Morgan fingerprint density at radius 1 is 1.41 bits per heavy atom. The maximum atomic E-state index is 12.5. The van der Waals surface area contributed by atoms with Crippen LogP contribution >= 0.6 is 11.6 Å². The summed E-state index contributed by atoms with van der Waals surface area (Å²) in [5.74, 6) is -1.02. The van der Waals surface area contributed by atoms with Gasteiger partial charge in [-0.05, 0) is 24.3 Å². The second-order valence-electron chi connectivity index (χ2n) is 5.02. The first-order chi connectivity index (χ1) is 12.7. The quantitative estimate of drug-likeness (QED) is 0.191. The molecule has 1 amide bonds. The molecule has 0 saturated carbocycles. The minimum atomic E-state index is -4.96. The number of ether oxygens (including phenoxy) is 2. The number of amides is 1. The SMILES string of the molecule is C=CCC(O/C(=N\NC)[C@H](CO)NC(=O)c1ccc(Cl)cc1)OC(F)(F)F. The highest BCUT2D eigenvalue weighted by atomic mass is 35.5. The van der Waals surface area contributed by atoms with Gasteiger partial charge in [-0.25, -0.2) is 0 Å². The molecule has 0 heterocycles. The molecule has 1 aromatic rings. The van der Waals surface area contributed by atoms with Crippen LogP contribution in [0.25, 0.3) is 0 Å². The molecule has 1 aromatic carbocycles. The van der Waals surface area contributed by atoms with Crippen molar-refractivity contribution < 1.29 is 32.5 Å². The van der Waals surface area contributed by atoms with Crippen LogP contribution in [0.3, 0.4) is 0 Å². The van der Waals surface area contributed by atoms with Gasteiger partial charge in [-0.3, -0.25) is 9.53 Å². The smallest absolute Gasteiger partial charge is 0.448 e. The summed E-state index contributed by atoms with van der Waals surface area (Å²) in [5, 5.41) is 16.0. The lowest BCUT2D eigenvalue weighted by Crippen LogP contribution is -2.46. The summed E-state index contributed by atoms with van der Waals surface area (Å²) in [6.45, 7) is 2.64. The van der Waals surface area contributed by atoms with Gasteiger partial charge in [-0.2, -0.15) is 0 Å². The predicted octanol–water partition coefficient (Wildman–Crippen LogP) is 2.42. The Balaban J connectivity index is 2.93. The summed E-state index contributed by atoms with van der Waals surface area (Å²) in [6, 6.07) is 4.62. The van der Waals surface area contributed by atoms with Crippen LogP contribution in [0.5, 0.6) is 0 Å². The van der Waals surface area contributed by atoms with Crippen molar-refractivity contribution in [3.05, 3.63) is 47.5 Å². The van der Waals surface area contributed by atoms with Crippen LogP contribution in [0.1, 0.15) is 16.8 Å². The fourth-order valence-electron chi connectivity index (χ4n) is 1.86. The van der Waals surface area contributed by atoms with Gasteiger partial charge in [0.05, 0.1) is 6.61 Å². The molecule has 1 rings (SSSR count). The molecule has 0 fully saturated rings. The van der Waals surface area contributed by atoms with E-state index in [-0.39, 0.29) is 12.0 Å². The molecule has 0 saturated heterocycles. The zero-order valence-electron chi connectivity index (χ0n) is 14.3. The summed E-state index contributed by atoms with van der Waals surface area (Å²) < 4.78 is 46.4. The Bertz CT molecular complexity index is 653. The molecule has 11 heteroatoms. The van der Waals surface area contributed by atoms with Crippen molar-refractivity contribution in [2.75, 3.05) is 13.7 Å². The highest BCUT2D eigenvalue weighted by molar-refractivity contribution is 6.30. The van der Waals surface area contributed by atoms with Crippen molar-refractivity contribution in [3.63, 3.8) is 0 Å². The molecule has 27 heavy (non-hydrogen) atoms. The average Bonchev–Trinajstić information content (AvgIpc) is 2.58. The van der Waals surface area contributed by atoms with Crippen LogP contribution in [0.15, 0.2) is 42.0 Å². The zero-order valence-corrected chi connectivity index (χ0v) is 15.0. The number of aliphatic hydroxyl groups is 1. The van der Waals surface area contributed by atoms with Gasteiger partial charge in [0.2, 0.25) is 12.2 Å². The second kappa shape index (κ2) is 10.8. The fraction of sp³-hybridized carbons (Fsp3) is 0.375. The van der Waals surface area contributed by atoms with Crippen molar-refractivity contribution in [1.29, 1.82) is 0 Å². The third-order valence-electron chi connectivity index (χ3n) is 2.99. The first kappa shape index (κ1) is 22.7. The Kier molecular flexibility index (Phi) is 9.06. The van der Waals surface area contributed by atoms with E-state index in [1.165, 1.54) is 31.3 Å². The van der Waals surface area contributed by atoms with Gasteiger partial charge >= 0.3 is 6.36 Å². The summed E-state index contributed by atoms with van der Waals surface area (Å²) >= 11 is 5.75. The highest BCUT2D eigenvalue weighted by Gasteiger charge is 2.35. The van der Waals surface area contributed by atoms with E-state index in [1.54, 1.807) is 0 Å². The van der Waals surface area contributed by atoms with Gasteiger partial charge in [0, 0.05) is 24.1 Å². The summed E-state index contributed by atoms with van der Waals surface area (Å²) in [6.07, 6.45) is -5.91. The standard InChI is InChI=1S/C16H19ClF3N3O4/c1-3-4-13(27-16(18,19)20)26-15(23-21-2)12(9-24)22-14(25)10-5-7-11(17)8-6-10/h3,5-8,12-13,21,24H,1,4,9H2,2H3,(H,22,25)/b23-15-/t12-,13?/m0/s1. The fourth-order valence-corrected chi connectivity index (χ4v) is 1.99. The van der Waals surface area contributed by atoms with Crippen LogP contribution in [0.4, 0.5) is 13.2 Å². The lowest BCUT2D eigenvalue weighted by atomic mass is 10.2. The molecule has 3 N–H and O–H groups in total. The predicted molar refractivity (Wildman–Crippen MR) is 93.1 cm³/mol. The molecule has 0 spiro atoms. The molecular formula is C16H19ClF3N3O4. The topological polar surface area (TPSA) is 92.2 Å². The molecule has 0 radical (unpaired) electrons. The molecule has 0 aromatic heterocycles. The number of rotatable bonds is 9. The molecular weight excluding hydrogens is 391 g/mol. The van der Waals surface area contributed by atoms with Gasteiger partial charge in [0.25, 0.3) is 5.91 Å². The van der Waals surface area contributed by atoms with Crippen LogP contribution in [0.2, 0.25) is 5.02 Å². The Hall–Kier alpha value is -2.30. The number of aliphatic hydroxyl groups excluding tert-OH is 1. The van der Waals surface area contributed by atoms with Gasteiger partial charge in [-0.15, -0.1) is 24.9 Å². The van der Waals surface area contributed by atoms with Crippen LogP contribution in [0, 0.1) is 0 Å². The normalized spacial score (nSPS) is 14.2. The Labute approximate surface area is 158 Å². The molecule has 7 nitrogen and oxygen atoms in total. The average molecular weight is 410 g/mol. The van der Waals surface area contributed by atoms with Crippen molar-refractivity contribution in [3.8, 4) is 0 Å². The molecule has 1 unspecified atom stereocenters. The number of nitrogens with zero attached hydrogens (tertiary/aromatic N) is 1. The van der Waals surface area contributed by atoms with Crippen molar-refractivity contribution in [2.45, 2.75) is 25.1 Å². The van der Waals surface area contributed by atoms with E-state index in [0.29, 0.717) is 5.02 Å². The minimum absolute atomic E-state index is 0.218. The lowest BCUT2D eigenvalue weighted by molar-refractivity contribution is -0.368. The van der Waals surface area contributed by atoms with Crippen molar-refractivity contribution >= 4 is 23.4 Å². The van der Waals surface area contributed by atoms with E-state index in [1.807, 2.05) is 0 Å². The van der Waals surface area contributed by atoms with Crippen LogP contribution in [-0.2, 0) is 9.47 Å². The maximum absolute atomic E-state index is 12.5. The number of nitrogens with one attached hydrogen (secondary N) is 2. The Morgan fingerprint density at radius 2 is 2.04 bits per heavy atom. The molecule has 150 valence electrons. The molecule has 0 aliphatic heterocycles. The summed E-state index contributed by atoms with van der Waals surface area (Å²) in [4.78, 5) is 12.3. The van der Waals surface area contributed by atoms with Crippen LogP contribution in [-0.4, -0.2) is 49.3 Å². The number of benzene rings is 1. The van der Waals surface area contributed by atoms with E-state index in [9.17, 15) is 23.1 Å². The largest absolute Gasteiger partial charge is 0.525 e. The number of hydrogen-bond acceptors (Lipinski definition) is 6. The zero-order chi connectivity index (χ0) is 20.4. The minimum Gasteiger partial charge on any atom is -0.448 e. The number of carbonyl (C=O) groups is 1. The number of carbonyl (C=O) groups excluding carboxylic acids is 1. The third kappa shape index (κ3) is 8.29. The number of halogens is 4. The van der Waals surface area contributed by atoms with Crippen molar-refractivity contribution in [1.82, 2.24) is 10.7 Å². The van der Waals surface area contributed by atoms with E-state index in [4.69, 9.17) is 16.3 Å². The number of hydrogen-bond donors (Lipinski definition) is 3. The monoisotopic (exact) mass is 409 g/mol. The van der Waals surface area contributed by atoms with E-state index < -0.39 is 37.1 Å². The van der Waals surface area contributed by atoms with Gasteiger partial charge in [0.1, 0.15) is 6.04 Å². The number of hydrazone groups is 1. The van der Waals surface area contributed by atoms with E-state index in [2.05, 4.69) is 27.2 Å². The van der Waals surface area contributed by atoms with Crippen LogP contribution < -0.4 is 10.7 Å². The first-order valence-electron chi connectivity index (χ1n) is 7.63. The molecule has 0 aliphatic carbocycles. The van der Waals surface area contributed by atoms with Gasteiger partial charge in [-0.1, -0.05) is 17.7 Å². The van der Waals surface area contributed by atoms with E-state index >= 15 is 0 Å². The van der Waals surface area contributed by atoms with Gasteiger partial charge in [0.15, 0.2) is 0 Å². The van der Waals surface area contributed by atoms with E-state index in [0.717, 1.165) is 6.08 Å².